The molecule has 0 spiro atoms. The molecule has 0 aliphatic carbocycles. The molecular formula is C10H13ClN2O3. The topological polar surface area (TPSA) is 64.4 Å². The smallest absolute Gasteiger partial charge is 1.00 e. The highest BCUT2D eigenvalue weighted by molar-refractivity contribution is 5.66. The van der Waals surface area contributed by atoms with E-state index >= 15 is 0 Å². The molecule has 1 aromatic rings. The van der Waals surface area contributed by atoms with Crippen LogP contribution in [0.15, 0.2) is 12.1 Å². The third kappa shape index (κ3) is 2.04. The highest BCUT2D eigenvalue weighted by atomic mass is 35.5. The maximum Gasteiger partial charge on any atom is 1.00 e. The summed E-state index contributed by atoms with van der Waals surface area (Å²) in [6.07, 6.45) is 0.879. The predicted molar refractivity (Wildman–Crippen MR) is 57.5 cm³/mol. The van der Waals surface area contributed by atoms with Crippen LogP contribution in [0, 0.1) is 10.1 Å². The van der Waals surface area contributed by atoms with Crippen molar-refractivity contribution in [1.29, 1.82) is 0 Å². The molecule has 5 nitrogen and oxygen atoms in total. The Hall–Kier alpha value is -1.49. The van der Waals surface area contributed by atoms with Crippen LogP contribution in [0.4, 0.5) is 11.4 Å². The van der Waals surface area contributed by atoms with E-state index in [1.165, 1.54) is 13.2 Å². The summed E-state index contributed by atoms with van der Waals surface area (Å²) in [5.41, 5.74) is 1.93. The fourth-order valence-electron chi connectivity index (χ4n) is 1.87. The molecule has 2 rings (SSSR count). The van der Waals surface area contributed by atoms with Crippen LogP contribution in [-0.4, -0.2) is 18.1 Å². The number of nitrogens with zero attached hydrogens (tertiary/aromatic N) is 1. The van der Waals surface area contributed by atoms with Crippen molar-refractivity contribution in [3.8, 4) is 5.75 Å². The van der Waals surface area contributed by atoms with Gasteiger partial charge < -0.3 is 22.5 Å². The van der Waals surface area contributed by atoms with E-state index in [0.717, 1.165) is 17.7 Å². The molecule has 0 aromatic heterocycles. The minimum absolute atomic E-state index is 0. The van der Waals surface area contributed by atoms with Gasteiger partial charge in [0.15, 0.2) is 5.75 Å². The van der Waals surface area contributed by atoms with Crippen molar-refractivity contribution in [2.24, 2.45) is 0 Å². The van der Waals surface area contributed by atoms with Crippen molar-refractivity contribution >= 4 is 11.4 Å². The number of hydrogen-bond donors (Lipinski definition) is 1. The number of anilines is 1. The molecular weight excluding hydrogens is 232 g/mol. The molecule has 0 saturated carbocycles. The largest absolute Gasteiger partial charge is 1.00 e. The summed E-state index contributed by atoms with van der Waals surface area (Å²) >= 11 is 0. The Balaban J connectivity index is 0.00000128. The van der Waals surface area contributed by atoms with Crippen molar-refractivity contribution in [3.63, 3.8) is 0 Å². The first-order valence-corrected chi connectivity index (χ1v) is 4.73. The maximum atomic E-state index is 10.8. The van der Waals surface area contributed by atoms with Gasteiger partial charge in [0.05, 0.1) is 12.0 Å². The monoisotopic (exact) mass is 244 g/mol. The lowest BCUT2D eigenvalue weighted by atomic mass is 10.1. The fraction of sp³-hybridized carbons (Fsp3) is 0.400. The van der Waals surface area contributed by atoms with Gasteiger partial charge in [-0.2, -0.15) is 0 Å². The highest BCUT2D eigenvalue weighted by Crippen LogP contribution is 2.36. The van der Waals surface area contributed by atoms with Gasteiger partial charge in [-0.25, -0.2) is 0 Å². The van der Waals surface area contributed by atoms with E-state index < -0.39 is 4.92 Å². The first-order chi connectivity index (χ1) is 7.11. The second-order valence-corrected chi connectivity index (χ2v) is 3.69. The van der Waals surface area contributed by atoms with Crippen LogP contribution in [-0.2, 0) is 6.42 Å². The van der Waals surface area contributed by atoms with E-state index in [1.807, 2.05) is 6.92 Å². The van der Waals surface area contributed by atoms with Gasteiger partial charge in [-0.1, -0.05) is 0 Å². The van der Waals surface area contributed by atoms with Crippen LogP contribution >= 0.6 is 0 Å². The number of nitro groups is 1. The fourth-order valence-corrected chi connectivity index (χ4v) is 1.87. The third-order valence-electron chi connectivity index (χ3n) is 2.53. The van der Waals surface area contributed by atoms with Crippen LogP contribution < -0.4 is 22.5 Å². The van der Waals surface area contributed by atoms with E-state index in [9.17, 15) is 10.1 Å². The molecule has 0 fully saturated rings. The van der Waals surface area contributed by atoms with Crippen LogP contribution in [0.1, 0.15) is 13.9 Å². The second kappa shape index (κ2) is 4.57. The zero-order valence-electron chi connectivity index (χ0n) is 9.99. The molecule has 1 aliphatic rings. The molecule has 1 aliphatic heterocycles. The van der Waals surface area contributed by atoms with E-state index in [0.29, 0.717) is 11.8 Å². The number of rotatable bonds is 2. The molecule has 0 amide bonds. The maximum absolute atomic E-state index is 10.8. The van der Waals surface area contributed by atoms with Gasteiger partial charge in [-0.3, -0.25) is 10.1 Å². The summed E-state index contributed by atoms with van der Waals surface area (Å²) < 4.78 is 5.00. The van der Waals surface area contributed by atoms with Crippen LogP contribution in [0.3, 0.4) is 0 Å². The molecule has 1 atom stereocenters. The van der Waals surface area contributed by atoms with E-state index in [4.69, 9.17) is 4.74 Å². The lowest BCUT2D eigenvalue weighted by Gasteiger charge is -2.05. The summed E-state index contributed by atoms with van der Waals surface area (Å²) in [5.74, 6) is 0.328. The van der Waals surface area contributed by atoms with Gasteiger partial charge in [-0.15, -0.1) is 0 Å². The number of nitrogens with one attached hydrogen (secondary N) is 1. The Morgan fingerprint density at radius 1 is 1.62 bits per heavy atom. The molecule has 0 radical (unpaired) electrons. The number of hydrogen-bond acceptors (Lipinski definition) is 4. The number of nitro benzene ring substituents is 1. The normalized spacial score (nSPS) is 17.0. The minimum Gasteiger partial charge on any atom is -1.00 e. The molecule has 0 bridgehead atoms. The van der Waals surface area contributed by atoms with Crippen molar-refractivity contribution in [3.05, 3.63) is 27.8 Å². The van der Waals surface area contributed by atoms with Gasteiger partial charge in [-0.05, 0) is 25.0 Å². The summed E-state index contributed by atoms with van der Waals surface area (Å²) in [6, 6.07) is 3.61. The number of ether oxygens (including phenoxy) is 1. The standard InChI is InChI=1S/C10H12N2O3.ClH/c1-6-3-7-4-10(15-2)9(12(13)14)5-8(7)11-6;/h4-6,11H,3H2,1-2H3;1H/t6-;/m0./s1. The van der Waals surface area contributed by atoms with Gasteiger partial charge in [0, 0.05) is 17.8 Å². The molecule has 0 unspecified atom stereocenters. The van der Waals surface area contributed by atoms with Gasteiger partial charge in [0.2, 0.25) is 0 Å². The number of halogens is 1. The predicted octanol–water partition coefficient (Wildman–Crippen LogP) is -0.924. The number of benzene rings is 1. The molecule has 1 N–H and O–H groups in total. The van der Waals surface area contributed by atoms with Crippen molar-refractivity contribution in [2.45, 2.75) is 19.4 Å². The first kappa shape index (κ1) is 12.6. The Kier molecular flexibility index (Phi) is 3.59. The molecule has 16 heavy (non-hydrogen) atoms. The molecule has 1 heterocycles. The van der Waals surface area contributed by atoms with E-state index in [2.05, 4.69) is 5.32 Å². The van der Waals surface area contributed by atoms with Gasteiger partial charge in [0.25, 0.3) is 0 Å². The minimum atomic E-state index is -0.427. The van der Waals surface area contributed by atoms with Crippen molar-refractivity contribution in [1.82, 2.24) is 0 Å². The lowest BCUT2D eigenvalue weighted by Crippen LogP contribution is -3.00. The van der Waals surface area contributed by atoms with Crippen LogP contribution in [0.5, 0.6) is 5.75 Å². The summed E-state index contributed by atoms with van der Waals surface area (Å²) in [7, 11) is 1.44. The Morgan fingerprint density at radius 2 is 2.31 bits per heavy atom. The van der Waals surface area contributed by atoms with Crippen molar-refractivity contribution in [2.75, 3.05) is 12.4 Å². The zero-order valence-corrected chi connectivity index (χ0v) is 9.75. The third-order valence-corrected chi connectivity index (χ3v) is 2.53. The molecule has 0 saturated heterocycles. The number of fused-ring (bicyclic) bond motifs is 1. The van der Waals surface area contributed by atoms with Gasteiger partial charge >= 0.3 is 7.11 Å². The molecule has 6 heteroatoms. The first-order valence-electron chi connectivity index (χ1n) is 4.73. The summed E-state index contributed by atoms with van der Waals surface area (Å²) in [6.45, 7) is 2.04. The van der Waals surface area contributed by atoms with Crippen molar-refractivity contribution < 1.29 is 23.5 Å². The quantitative estimate of drug-likeness (QED) is 0.540. The average molecular weight is 245 g/mol. The van der Waals surface area contributed by atoms with Crippen LogP contribution in [0.2, 0.25) is 0 Å². The summed E-state index contributed by atoms with van der Waals surface area (Å²) in [5, 5.41) is 13.9. The average Bonchev–Trinajstić information content (AvgIpc) is 2.54. The SMILES string of the molecule is COc1cc2c(cc1[N+](=O)[O-])N[C@@H](C)C2.[Cl-].[H+]. The Labute approximate surface area is 101 Å². The van der Waals surface area contributed by atoms with E-state index in [-0.39, 0.29) is 19.5 Å². The molecule has 88 valence electrons. The zero-order chi connectivity index (χ0) is 11.0. The highest BCUT2D eigenvalue weighted by Gasteiger charge is 2.24. The van der Waals surface area contributed by atoms with Gasteiger partial charge in [0.1, 0.15) is 0 Å². The number of methoxy groups -OCH3 is 1. The van der Waals surface area contributed by atoms with E-state index in [1.54, 1.807) is 6.07 Å². The Morgan fingerprint density at radius 3 is 2.88 bits per heavy atom. The lowest BCUT2D eigenvalue weighted by molar-refractivity contribution is -0.385. The van der Waals surface area contributed by atoms with Crippen LogP contribution in [0.25, 0.3) is 0 Å². The Bertz CT molecular complexity index is 428. The second-order valence-electron chi connectivity index (χ2n) is 3.69. The summed E-state index contributed by atoms with van der Waals surface area (Å²) in [4.78, 5) is 10.3. The molecule has 1 aromatic carbocycles.